The minimum Gasteiger partial charge on any atom is -0.394 e. The van der Waals surface area contributed by atoms with Gasteiger partial charge in [0.2, 0.25) is 0 Å². The lowest BCUT2D eigenvalue weighted by molar-refractivity contribution is -0.146. The lowest BCUT2D eigenvalue weighted by Crippen LogP contribution is -2.50. The molecule has 37 heavy (non-hydrogen) atoms. The van der Waals surface area contributed by atoms with Gasteiger partial charge in [-0.3, -0.25) is 14.8 Å². The number of nitrogens with two attached hydrogens (primary N) is 1. The molecule has 0 saturated heterocycles. The summed E-state index contributed by atoms with van der Waals surface area (Å²) in [5.41, 5.74) is 5.92. The first-order chi connectivity index (χ1) is 17.4. The zero-order valence-corrected chi connectivity index (χ0v) is 20.9. The van der Waals surface area contributed by atoms with Crippen LogP contribution in [0.25, 0.3) is 0 Å². The average molecular weight is 537 g/mol. The van der Waals surface area contributed by atoms with Gasteiger partial charge in [0, 0.05) is 17.0 Å². The van der Waals surface area contributed by atoms with Crippen molar-refractivity contribution in [3.8, 4) is 0 Å². The monoisotopic (exact) mass is 536 g/mol. The zero-order valence-electron chi connectivity index (χ0n) is 20.1. The molecular formula is C26H28ClF3N4O3. The summed E-state index contributed by atoms with van der Waals surface area (Å²) in [6, 6.07) is 9.66. The number of aliphatic hydroxyl groups is 2. The van der Waals surface area contributed by atoms with Crippen LogP contribution in [0.4, 0.5) is 13.2 Å². The van der Waals surface area contributed by atoms with Gasteiger partial charge in [0.1, 0.15) is 23.5 Å². The molecule has 7 nitrogen and oxygen atoms in total. The van der Waals surface area contributed by atoms with E-state index in [1.54, 1.807) is 31.2 Å². The van der Waals surface area contributed by atoms with Crippen molar-refractivity contribution in [3.63, 3.8) is 0 Å². The molecule has 1 unspecified atom stereocenters. The van der Waals surface area contributed by atoms with Gasteiger partial charge in [-0.2, -0.15) is 0 Å². The van der Waals surface area contributed by atoms with Crippen molar-refractivity contribution in [2.75, 3.05) is 13.2 Å². The number of amides is 1. The van der Waals surface area contributed by atoms with Gasteiger partial charge in [-0.25, -0.2) is 13.2 Å². The Labute approximate surface area is 217 Å². The minimum absolute atomic E-state index is 0.0667. The molecule has 0 spiro atoms. The van der Waals surface area contributed by atoms with Crippen LogP contribution in [0.2, 0.25) is 5.02 Å². The second-order valence-corrected chi connectivity index (χ2v) is 10.2. The number of aliphatic imine (C=N–C) groups is 2. The molecule has 1 saturated carbocycles. The highest BCUT2D eigenvalue weighted by molar-refractivity contribution is 6.47. The van der Waals surface area contributed by atoms with E-state index in [1.165, 1.54) is 12.1 Å². The van der Waals surface area contributed by atoms with Crippen molar-refractivity contribution >= 4 is 29.1 Å². The van der Waals surface area contributed by atoms with E-state index in [0.717, 1.165) is 6.07 Å². The van der Waals surface area contributed by atoms with Crippen LogP contribution >= 0.6 is 11.6 Å². The van der Waals surface area contributed by atoms with Gasteiger partial charge in [0.05, 0.1) is 30.3 Å². The zero-order chi connectivity index (χ0) is 27.0. The number of benzene rings is 2. The fourth-order valence-corrected chi connectivity index (χ4v) is 5.00. The molecule has 11 heteroatoms. The summed E-state index contributed by atoms with van der Waals surface area (Å²) in [5, 5.41) is 22.7. The average Bonchev–Trinajstić information content (AvgIpc) is 2.85. The highest BCUT2D eigenvalue weighted by atomic mass is 35.5. The summed E-state index contributed by atoms with van der Waals surface area (Å²) in [5.74, 6) is -5.02. The summed E-state index contributed by atoms with van der Waals surface area (Å²) in [6.45, 7) is 1.49. The third kappa shape index (κ3) is 5.66. The molecular weight excluding hydrogens is 509 g/mol. The van der Waals surface area contributed by atoms with E-state index in [9.17, 15) is 23.8 Å². The van der Waals surface area contributed by atoms with Crippen LogP contribution in [0, 0.1) is 11.7 Å². The highest BCUT2D eigenvalue weighted by Gasteiger charge is 2.49. The van der Waals surface area contributed by atoms with Crippen molar-refractivity contribution in [1.29, 1.82) is 0 Å². The topological polar surface area (TPSA) is 120 Å². The number of alkyl halides is 2. The largest absolute Gasteiger partial charge is 0.394 e. The Bertz CT molecular complexity index is 1260. The normalized spacial score (nSPS) is 26.1. The fraction of sp³-hybridized carbons (Fsp3) is 0.423. The van der Waals surface area contributed by atoms with E-state index in [2.05, 4.69) is 15.3 Å². The number of nitrogens with zero attached hydrogens (tertiary/aromatic N) is 2. The van der Waals surface area contributed by atoms with Gasteiger partial charge < -0.3 is 21.3 Å². The Morgan fingerprint density at radius 1 is 1.30 bits per heavy atom. The van der Waals surface area contributed by atoms with E-state index >= 15 is 4.39 Å². The van der Waals surface area contributed by atoms with Crippen LogP contribution < -0.4 is 11.1 Å². The van der Waals surface area contributed by atoms with Crippen molar-refractivity contribution in [2.45, 2.75) is 49.8 Å². The Morgan fingerprint density at radius 3 is 2.70 bits per heavy atom. The SMILES string of the molecule is CC1([C@@H]2CCC(F)(F)[C@@H](O)C2)CN=C(N)C(c2ccc(C(=O)N[C@H](CO)c3cccc(Cl)c3)c(F)c2)=N1. The van der Waals surface area contributed by atoms with Gasteiger partial charge in [-0.05, 0) is 55.5 Å². The van der Waals surface area contributed by atoms with Gasteiger partial charge in [0.25, 0.3) is 11.8 Å². The van der Waals surface area contributed by atoms with E-state index in [1.807, 2.05) is 0 Å². The van der Waals surface area contributed by atoms with Crippen molar-refractivity contribution in [2.24, 2.45) is 21.6 Å². The number of hydrogen-bond donors (Lipinski definition) is 4. The summed E-state index contributed by atoms with van der Waals surface area (Å²) in [6.07, 6.45) is -2.21. The molecule has 4 atom stereocenters. The van der Waals surface area contributed by atoms with Crippen molar-refractivity contribution < 1.29 is 28.2 Å². The summed E-state index contributed by atoms with van der Waals surface area (Å²) >= 11 is 5.99. The van der Waals surface area contributed by atoms with Crippen LogP contribution in [-0.4, -0.2) is 58.4 Å². The number of amidine groups is 1. The van der Waals surface area contributed by atoms with Crippen molar-refractivity contribution in [1.82, 2.24) is 5.32 Å². The highest BCUT2D eigenvalue weighted by Crippen LogP contribution is 2.43. The number of hydrogen-bond acceptors (Lipinski definition) is 6. The number of carbonyl (C=O) groups is 1. The van der Waals surface area contributed by atoms with Crippen LogP contribution in [-0.2, 0) is 0 Å². The maximum absolute atomic E-state index is 15.1. The molecule has 0 bridgehead atoms. The lowest BCUT2D eigenvalue weighted by Gasteiger charge is -2.42. The van der Waals surface area contributed by atoms with Gasteiger partial charge in [-0.1, -0.05) is 29.8 Å². The molecule has 1 fully saturated rings. The molecule has 1 amide bonds. The van der Waals surface area contributed by atoms with E-state index < -0.39 is 48.4 Å². The lowest BCUT2D eigenvalue weighted by atomic mass is 9.73. The number of nitrogens with one attached hydrogen (secondary N) is 1. The van der Waals surface area contributed by atoms with Crippen LogP contribution in [0.1, 0.15) is 53.7 Å². The molecule has 5 N–H and O–H groups in total. The van der Waals surface area contributed by atoms with Crippen LogP contribution in [0.15, 0.2) is 52.4 Å². The Hall–Kier alpha value is -2.95. The van der Waals surface area contributed by atoms with Gasteiger partial charge in [0.15, 0.2) is 0 Å². The standard InChI is InChI=1S/C26H28ClF3N4O3/c1-25(16-7-8-26(29,30)21(36)11-16)13-32-23(31)22(34-25)15-5-6-18(19(28)10-15)24(37)33-20(12-35)14-3-2-4-17(27)9-14/h2-6,9-10,16,20-21,35-36H,7-8,11-13H2,1H3,(H2,31,32)(H,33,37)/t16-,20-,21+,25?/m1/s1. The second kappa shape index (κ2) is 10.4. The summed E-state index contributed by atoms with van der Waals surface area (Å²) in [7, 11) is 0. The van der Waals surface area contributed by atoms with Crippen molar-refractivity contribution in [3.05, 3.63) is 70.0 Å². The Morgan fingerprint density at radius 2 is 2.05 bits per heavy atom. The van der Waals surface area contributed by atoms with Crippen LogP contribution in [0.3, 0.4) is 0 Å². The van der Waals surface area contributed by atoms with Gasteiger partial charge >= 0.3 is 0 Å². The van der Waals surface area contributed by atoms with E-state index in [4.69, 9.17) is 17.3 Å². The predicted molar refractivity (Wildman–Crippen MR) is 135 cm³/mol. The first-order valence-corrected chi connectivity index (χ1v) is 12.2. The molecule has 2 aromatic carbocycles. The first kappa shape index (κ1) is 27.1. The first-order valence-electron chi connectivity index (χ1n) is 11.9. The molecule has 2 aromatic rings. The summed E-state index contributed by atoms with van der Waals surface area (Å²) in [4.78, 5) is 21.8. The maximum Gasteiger partial charge on any atom is 0.273 e. The summed E-state index contributed by atoms with van der Waals surface area (Å²) < 4.78 is 42.7. The molecule has 2 aliphatic rings. The number of aliphatic hydroxyl groups excluding tert-OH is 2. The number of rotatable bonds is 6. The van der Waals surface area contributed by atoms with Crippen LogP contribution in [0.5, 0.6) is 0 Å². The molecule has 198 valence electrons. The Balaban J connectivity index is 1.56. The Kier molecular flexibility index (Phi) is 7.64. The molecule has 1 aliphatic heterocycles. The molecule has 1 heterocycles. The van der Waals surface area contributed by atoms with Gasteiger partial charge in [-0.15, -0.1) is 0 Å². The smallest absolute Gasteiger partial charge is 0.273 e. The van der Waals surface area contributed by atoms with E-state index in [0.29, 0.717) is 10.6 Å². The van der Waals surface area contributed by atoms with E-state index in [-0.39, 0.29) is 48.0 Å². The predicted octanol–water partition coefficient (Wildman–Crippen LogP) is 3.66. The number of carbonyl (C=O) groups excluding carboxylic acids is 1. The maximum atomic E-state index is 15.1. The molecule has 1 aliphatic carbocycles. The third-order valence-electron chi connectivity index (χ3n) is 7.11. The third-order valence-corrected chi connectivity index (χ3v) is 7.34. The quantitative estimate of drug-likeness (QED) is 0.450. The molecule has 0 radical (unpaired) electrons. The minimum atomic E-state index is -3.14. The molecule has 4 rings (SSSR count). The fourth-order valence-electron chi connectivity index (χ4n) is 4.80. The second-order valence-electron chi connectivity index (χ2n) is 9.73. The molecule has 0 aromatic heterocycles. The number of halogens is 4.